The van der Waals surface area contributed by atoms with Crippen LogP contribution in [0, 0.1) is 30.1 Å². The normalized spacial score (nSPS) is 28.7. The molecular weight excluding hydrogens is 230 g/mol. The first-order valence-corrected chi connectivity index (χ1v) is 7.03. The van der Waals surface area contributed by atoms with Crippen molar-refractivity contribution >= 4 is 16.5 Å². The molecule has 17 heavy (non-hydrogen) atoms. The monoisotopic (exact) mass is 249 g/mol. The molecule has 0 aromatic carbocycles. The van der Waals surface area contributed by atoms with E-state index in [-0.39, 0.29) is 0 Å². The van der Waals surface area contributed by atoms with E-state index >= 15 is 0 Å². The lowest BCUT2D eigenvalue weighted by atomic mass is 9.78. The molecule has 0 aliphatic heterocycles. The van der Waals surface area contributed by atoms with Gasteiger partial charge in [-0.05, 0) is 36.7 Å². The Morgan fingerprint density at radius 2 is 2.18 bits per heavy atom. The summed E-state index contributed by atoms with van der Waals surface area (Å²) in [4.78, 5) is 0. The third-order valence-corrected chi connectivity index (χ3v) is 4.87. The first-order valence-electron chi connectivity index (χ1n) is 6.26. The number of nitrogens with zero attached hydrogens (tertiary/aromatic N) is 2. The summed E-state index contributed by atoms with van der Waals surface area (Å²) in [5.41, 5.74) is 1.57. The lowest BCUT2D eigenvalue weighted by molar-refractivity contribution is 0.253. The topological polar surface area (TPSA) is 48.7 Å². The number of hydrogen-bond acceptors (Lipinski definition) is 4. The molecule has 4 heteroatoms. The Bertz CT molecular complexity index is 432. The Balaban J connectivity index is 2.12. The quantitative estimate of drug-likeness (QED) is 0.871. The molecule has 1 aliphatic carbocycles. The fraction of sp³-hybridized carbons (Fsp3) is 0.692. The van der Waals surface area contributed by atoms with Crippen LogP contribution in [-0.2, 0) is 0 Å². The summed E-state index contributed by atoms with van der Waals surface area (Å²) in [5.74, 6) is 1.43. The zero-order chi connectivity index (χ0) is 12.4. The summed E-state index contributed by atoms with van der Waals surface area (Å²) >= 11 is 1.41. The number of nitriles is 1. The second-order valence-electron chi connectivity index (χ2n) is 5.10. The molecule has 0 amide bonds. The largest absolute Gasteiger partial charge is 0.372 e. The summed E-state index contributed by atoms with van der Waals surface area (Å²) in [6, 6.07) is 2.74. The smallest absolute Gasteiger partial charge is 0.127 e. The van der Waals surface area contributed by atoms with Gasteiger partial charge in [0.05, 0.1) is 5.69 Å². The van der Waals surface area contributed by atoms with Crippen molar-refractivity contribution in [3.8, 4) is 6.07 Å². The predicted molar refractivity (Wildman–Crippen MR) is 71.2 cm³/mol. The summed E-state index contributed by atoms with van der Waals surface area (Å²) in [6.07, 6.45) is 3.81. The van der Waals surface area contributed by atoms with Crippen molar-refractivity contribution in [2.45, 2.75) is 46.1 Å². The molecule has 3 atom stereocenters. The Morgan fingerprint density at radius 3 is 2.88 bits per heavy atom. The van der Waals surface area contributed by atoms with Crippen LogP contribution in [0.1, 0.15) is 44.4 Å². The van der Waals surface area contributed by atoms with Crippen LogP contribution < -0.4 is 5.32 Å². The summed E-state index contributed by atoms with van der Waals surface area (Å²) in [7, 11) is 0. The van der Waals surface area contributed by atoms with Gasteiger partial charge in [0.15, 0.2) is 0 Å². The van der Waals surface area contributed by atoms with Gasteiger partial charge in [-0.1, -0.05) is 26.7 Å². The van der Waals surface area contributed by atoms with Crippen LogP contribution >= 0.6 is 11.5 Å². The van der Waals surface area contributed by atoms with Gasteiger partial charge in [-0.25, -0.2) is 0 Å². The van der Waals surface area contributed by atoms with E-state index in [9.17, 15) is 0 Å². The molecule has 3 unspecified atom stereocenters. The third kappa shape index (κ3) is 2.44. The van der Waals surface area contributed by atoms with Crippen LogP contribution in [-0.4, -0.2) is 10.4 Å². The van der Waals surface area contributed by atoms with Gasteiger partial charge in [0, 0.05) is 6.04 Å². The van der Waals surface area contributed by atoms with Gasteiger partial charge in [0.1, 0.15) is 16.6 Å². The molecule has 1 N–H and O–H groups in total. The van der Waals surface area contributed by atoms with E-state index < -0.39 is 0 Å². The lowest BCUT2D eigenvalue weighted by Crippen LogP contribution is -2.34. The Labute approximate surface area is 107 Å². The minimum Gasteiger partial charge on any atom is -0.372 e. The van der Waals surface area contributed by atoms with Crippen LogP contribution in [0.4, 0.5) is 5.00 Å². The van der Waals surface area contributed by atoms with Crippen LogP contribution in [0.15, 0.2) is 0 Å². The molecule has 0 saturated heterocycles. The molecule has 0 spiro atoms. The third-order valence-electron chi connectivity index (χ3n) is 4.00. The highest BCUT2D eigenvalue weighted by atomic mass is 32.1. The van der Waals surface area contributed by atoms with Crippen LogP contribution in [0.25, 0.3) is 0 Å². The number of rotatable bonds is 2. The number of hydrogen-bond donors (Lipinski definition) is 1. The zero-order valence-electron chi connectivity index (χ0n) is 10.7. The van der Waals surface area contributed by atoms with Crippen molar-refractivity contribution in [3.05, 3.63) is 11.3 Å². The first kappa shape index (κ1) is 12.4. The molecule has 92 valence electrons. The lowest BCUT2D eigenvalue weighted by Gasteiger charge is -2.34. The maximum atomic E-state index is 9.11. The summed E-state index contributed by atoms with van der Waals surface area (Å²) in [6.45, 7) is 6.52. The van der Waals surface area contributed by atoms with Gasteiger partial charge < -0.3 is 5.32 Å². The van der Waals surface area contributed by atoms with Crippen molar-refractivity contribution in [2.24, 2.45) is 11.8 Å². The van der Waals surface area contributed by atoms with Gasteiger partial charge in [-0.2, -0.15) is 9.64 Å². The van der Waals surface area contributed by atoms with Gasteiger partial charge in [-0.15, -0.1) is 0 Å². The number of anilines is 1. The van der Waals surface area contributed by atoms with Crippen LogP contribution in [0.3, 0.4) is 0 Å². The maximum absolute atomic E-state index is 9.11. The molecule has 0 radical (unpaired) electrons. The Morgan fingerprint density at radius 1 is 1.41 bits per heavy atom. The molecule has 1 aromatic rings. The molecule has 1 fully saturated rings. The van der Waals surface area contributed by atoms with E-state index in [0.29, 0.717) is 12.0 Å². The highest BCUT2D eigenvalue weighted by Gasteiger charge is 2.28. The van der Waals surface area contributed by atoms with E-state index in [2.05, 4.69) is 29.6 Å². The SMILES string of the molecule is Cc1nsc(NC2CCCC(C)C2C)c1C#N. The predicted octanol–water partition coefficient (Wildman–Crippen LogP) is 3.56. The molecule has 1 aromatic heterocycles. The molecule has 2 rings (SSSR count). The van der Waals surface area contributed by atoms with E-state index in [4.69, 9.17) is 5.26 Å². The number of nitrogens with one attached hydrogen (secondary N) is 1. The van der Waals surface area contributed by atoms with E-state index in [1.165, 1.54) is 30.8 Å². The first-order chi connectivity index (χ1) is 8.13. The summed E-state index contributed by atoms with van der Waals surface area (Å²) < 4.78 is 4.25. The molecule has 1 aliphatic rings. The van der Waals surface area contributed by atoms with Gasteiger partial charge in [0.25, 0.3) is 0 Å². The molecule has 0 bridgehead atoms. The van der Waals surface area contributed by atoms with Gasteiger partial charge >= 0.3 is 0 Å². The highest BCUT2D eigenvalue weighted by Crippen LogP contribution is 2.33. The fourth-order valence-corrected chi connectivity index (χ4v) is 3.36. The van der Waals surface area contributed by atoms with Crippen LogP contribution in [0.2, 0.25) is 0 Å². The van der Waals surface area contributed by atoms with Gasteiger partial charge in [-0.3, -0.25) is 0 Å². The summed E-state index contributed by atoms with van der Waals surface area (Å²) in [5, 5.41) is 13.6. The molecular formula is C13H19N3S. The van der Waals surface area contributed by atoms with E-state index in [0.717, 1.165) is 22.2 Å². The molecule has 1 saturated carbocycles. The van der Waals surface area contributed by atoms with E-state index in [1.54, 1.807) is 0 Å². The highest BCUT2D eigenvalue weighted by molar-refractivity contribution is 7.10. The van der Waals surface area contributed by atoms with Crippen molar-refractivity contribution in [3.63, 3.8) is 0 Å². The van der Waals surface area contributed by atoms with Crippen LogP contribution in [0.5, 0.6) is 0 Å². The fourth-order valence-electron chi connectivity index (χ4n) is 2.55. The van der Waals surface area contributed by atoms with E-state index in [1.807, 2.05) is 6.92 Å². The minimum atomic E-state index is 0.491. The van der Waals surface area contributed by atoms with Crippen molar-refractivity contribution in [2.75, 3.05) is 5.32 Å². The average Bonchev–Trinajstić information content (AvgIpc) is 2.66. The standard InChI is InChI=1S/C13H19N3S/c1-8-5-4-6-12(9(8)2)15-13-11(7-14)10(3)16-17-13/h8-9,12,15H,4-6H2,1-3H3. The van der Waals surface area contributed by atoms with Crippen molar-refractivity contribution in [1.82, 2.24) is 4.37 Å². The average molecular weight is 249 g/mol. The Kier molecular flexibility index (Phi) is 3.68. The zero-order valence-corrected chi connectivity index (χ0v) is 11.5. The Hall–Kier alpha value is -1.08. The van der Waals surface area contributed by atoms with Gasteiger partial charge in [0.2, 0.25) is 0 Å². The maximum Gasteiger partial charge on any atom is 0.127 e. The molecule has 1 heterocycles. The molecule has 3 nitrogen and oxygen atoms in total. The number of aromatic nitrogens is 1. The second-order valence-corrected chi connectivity index (χ2v) is 5.88. The second kappa shape index (κ2) is 5.05. The minimum absolute atomic E-state index is 0.491. The van der Waals surface area contributed by atoms with Crippen molar-refractivity contribution in [1.29, 1.82) is 5.26 Å². The number of aryl methyl sites for hydroxylation is 1. The van der Waals surface area contributed by atoms with Crippen molar-refractivity contribution < 1.29 is 0 Å².